The third-order valence-corrected chi connectivity index (χ3v) is 3.57. The molecule has 1 heterocycles. The predicted octanol–water partition coefficient (Wildman–Crippen LogP) is 2.46. The molecule has 1 unspecified atom stereocenters. The van der Waals surface area contributed by atoms with Crippen molar-refractivity contribution in [1.82, 2.24) is 5.32 Å². The van der Waals surface area contributed by atoms with E-state index in [9.17, 15) is 8.78 Å². The standard InChI is InChI=1S/C13H17BrF2N2O2/c14-9-4-8(10(6-17)18-7-12(15)16)5-11-13(9)20-3-1-2-19-11/h4-5,10,12,18H,1-3,6-7,17H2. The van der Waals surface area contributed by atoms with Gasteiger partial charge in [0.15, 0.2) is 11.5 Å². The first-order valence-corrected chi connectivity index (χ1v) is 7.21. The Kier molecular flexibility index (Phi) is 5.56. The van der Waals surface area contributed by atoms with Gasteiger partial charge in [-0.15, -0.1) is 0 Å². The summed E-state index contributed by atoms with van der Waals surface area (Å²) >= 11 is 3.42. The number of nitrogens with two attached hydrogens (primary N) is 1. The Bertz CT molecular complexity index is 460. The molecule has 7 heteroatoms. The van der Waals surface area contributed by atoms with Crippen LogP contribution in [0.5, 0.6) is 11.5 Å². The summed E-state index contributed by atoms with van der Waals surface area (Å²) in [6.07, 6.45) is -1.60. The lowest BCUT2D eigenvalue weighted by Crippen LogP contribution is -2.31. The number of fused-ring (bicyclic) bond motifs is 1. The number of hydrogen-bond acceptors (Lipinski definition) is 4. The molecule has 1 aliphatic heterocycles. The Morgan fingerprint density at radius 1 is 1.30 bits per heavy atom. The van der Waals surface area contributed by atoms with E-state index in [0.29, 0.717) is 24.7 Å². The van der Waals surface area contributed by atoms with Gasteiger partial charge < -0.3 is 20.5 Å². The van der Waals surface area contributed by atoms with Gasteiger partial charge in [0.1, 0.15) is 0 Å². The first kappa shape index (κ1) is 15.5. The zero-order valence-corrected chi connectivity index (χ0v) is 12.5. The van der Waals surface area contributed by atoms with Gasteiger partial charge in [0.25, 0.3) is 6.43 Å². The van der Waals surface area contributed by atoms with Crippen LogP contribution in [0, 0.1) is 0 Å². The minimum absolute atomic E-state index is 0.221. The topological polar surface area (TPSA) is 56.5 Å². The van der Waals surface area contributed by atoms with Crippen molar-refractivity contribution in [1.29, 1.82) is 0 Å². The number of benzene rings is 1. The molecule has 20 heavy (non-hydrogen) atoms. The predicted molar refractivity (Wildman–Crippen MR) is 75.6 cm³/mol. The summed E-state index contributed by atoms with van der Waals surface area (Å²) in [6, 6.07) is 3.27. The molecule has 0 saturated heterocycles. The fraction of sp³-hybridized carbons (Fsp3) is 0.538. The van der Waals surface area contributed by atoms with Crippen LogP contribution in [-0.2, 0) is 0 Å². The molecule has 0 amide bonds. The van der Waals surface area contributed by atoms with E-state index in [1.165, 1.54) is 0 Å². The normalized spacial score (nSPS) is 16.1. The van der Waals surface area contributed by atoms with Gasteiger partial charge in [-0.05, 0) is 33.6 Å². The second-order valence-corrected chi connectivity index (χ2v) is 5.32. The van der Waals surface area contributed by atoms with Crippen molar-refractivity contribution in [3.63, 3.8) is 0 Å². The molecule has 0 bridgehead atoms. The largest absolute Gasteiger partial charge is 0.490 e. The van der Waals surface area contributed by atoms with Crippen LogP contribution in [-0.4, -0.2) is 32.7 Å². The molecule has 3 N–H and O–H groups in total. The molecule has 1 aliphatic rings. The maximum absolute atomic E-state index is 12.3. The van der Waals surface area contributed by atoms with E-state index in [0.717, 1.165) is 16.5 Å². The third kappa shape index (κ3) is 3.80. The smallest absolute Gasteiger partial charge is 0.250 e. The second kappa shape index (κ2) is 7.19. The maximum Gasteiger partial charge on any atom is 0.250 e. The molecule has 0 aromatic heterocycles. The Hall–Kier alpha value is -0.920. The van der Waals surface area contributed by atoms with Gasteiger partial charge in [0.2, 0.25) is 0 Å². The van der Waals surface area contributed by atoms with Gasteiger partial charge in [-0.1, -0.05) is 0 Å². The van der Waals surface area contributed by atoms with E-state index in [4.69, 9.17) is 15.2 Å². The summed E-state index contributed by atoms with van der Waals surface area (Å²) in [6.45, 7) is 0.988. The second-order valence-electron chi connectivity index (χ2n) is 4.47. The lowest BCUT2D eigenvalue weighted by molar-refractivity contribution is 0.141. The van der Waals surface area contributed by atoms with E-state index < -0.39 is 13.0 Å². The zero-order valence-electron chi connectivity index (χ0n) is 10.9. The maximum atomic E-state index is 12.3. The Balaban J connectivity index is 2.22. The van der Waals surface area contributed by atoms with Gasteiger partial charge in [-0.25, -0.2) is 8.78 Å². The van der Waals surface area contributed by atoms with E-state index >= 15 is 0 Å². The summed E-state index contributed by atoms with van der Waals surface area (Å²) in [4.78, 5) is 0. The Labute approximate surface area is 124 Å². The molecular weight excluding hydrogens is 334 g/mol. The first-order chi connectivity index (χ1) is 9.61. The number of nitrogens with one attached hydrogen (secondary N) is 1. The molecule has 1 aromatic carbocycles. The van der Waals surface area contributed by atoms with Gasteiger partial charge in [0, 0.05) is 19.0 Å². The zero-order chi connectivity index (χ0) is 14.5. The van der Waals surface area contributed by atoms with Crippen molar-refractivity contribution in [3.05, 3.63) is 22.2 Å². The van der Waals surface area contributed by atoms with Crippen LogP contribution in [0.4, 0.5) is 8.78 Å². The van der Waals surface area contributed by atoms with E-state index in [2.05, 4.69) is 21.2 Å². The summed E-state index contributed by atoms with van der Waals surface area (Å²) < 4.78 is 36.6. The van der Waals surface area contributed by atoms with Crippen molar-refractivity contribution in [2.24, 2.45) is 5.73 Å². The fourth-order valence-electron chi connectivity index (χ4n) is 2.02. The van der Waals surface area contributed by atoms with Gasteiger partial charge in [-0.2, -0.15) is 0 Å². The van der Waals surface area contributed by atoms with Crippen LogP contribution in [0.3, 0.4) is 0 Å². The van der Waals surface area contributed by atoms with Crippen LogP contribution < -0.4 is 20.5 Å². The number of alkyl halides is 2. The molecule has 1 aromatic rings. The van der Waals surface area contributed by atoms with Crippen molar-refractivity contribution in [3.8, 4) is 11.5 Å². The quantitative estimate of drug-likeness (QED) is 0.856. The van der Waals surface area contributed by atoms with Crippen molar-refractivity contribution < 1.29 is 18.3 Å². The van der Waals surface area contributed by atoms with Crippen molar-refractivity contribution in [2.45, 2.75) is 18.9 Å². The summed E-state index contributed by atoms with van der Waals surface area (Å²) in [5, 5.41) is 2.74. The van der Waals surface area contributed by atoms with Crippen LogP contribution >= 0.6 is 15.9 Å². The summed E-state index contributed by atoms with van der Waals surface area (Å²) in [5.41, 5.74) is 6.45. The lowest BCUT2D eigenvalue weighted by Gasteiger charge is -2.19. The molecule has 0 aliphatic carbocycles. The van der Waals surface area contributed by atoms with Crippen molar-refractivity contribution >= 4 is 15.9 Å². The molecule has 1 atom stereocenters. The molecule has 0 radical (unpaired) electrons. The van der Waals surface area contributed by atoms with Crippen LogP contribution in [0.2, 0.25) is 0 Å². The number of halogens is 3. The van der Waals surface area contributed by atoms with Gasteiger partial charge >= 0.3 is 0 Å². The minimum atomic E-state index is -2.41. The molecule has 4 nitrogen and oxygen atoms in total. The number of ether oxygens (including phenoxy) is 2. The Morgan fingerprint density at radius 2 is 2.05 bits per heavy atom. The highest BCUT2D eigenvalue weighted by Crippen LogP contribution is 2.39. The van der Waals surface area contributed by atoms with Gasteiger partial charge in [-0.3, -0.25) is 0 Å². The fourth-order valence-corrected chi connectivity index (χ4v) is 2.59. The van der Waals surface area contributed by atoms with Crippen LogP contribution in [0.15, 0.2) is 16.6 Å². The van der Waals surface area contributed by atoms with Crippen LogP contribution in [0.25, 0.3) is 0 Å². The molecule has 0 spiro atoms. The van der Waals surface area contributed by atoms with Gasteiger partial charge in [0.05, 0.1) is 24.2 Å². The van der Waals surface area contributed by atoms with E-state index in [1.54, 1.807) is 6.07 Å². The molecule has 0 fully saturated rings. The molecule has 0 saturated carbocycles. The molecule has 2 rings (SSSR count). The highest BCUT2D eigenvalue weighted by atomic mass is 79.9. The van der Waals surface area contributed by atoms with Crippen molar-refractivity contribution in [2.75, 3.05) is 26.3 Å². The van der Waals surface area contributed by atoms with E-state index in [1.807, 2.05) is 6.07 Å². The highest BCUT2D eigenvalue weighted by molar-refractivity contribution is 9.10. The van der Waals surface area contributed by atoms with E-state index in [-0.39, 0.29) is 12.6 Å². The summed E-state index contributed by atoms with van der Waals surface area (Å²) in [5.74, 6) is 1.26. The average Bonchev–Trinajstić information content (AvgIpc) is 2.65. The average molecular weight is 351 g/mol. The number of rotatable bonds is 5. The SMILES string of the molecule is NCC(NCC(F)F)c1cc(Br)c2c(c1)OCCCO2. The lowest BCUT2D eigenvalue weighted by atomic mass is 10.1. The monoisotopic (exact) mass is 350 g/mol. The third-order valence-electron chi connectivity index (χ3n) is 2.98. The van der Waals surface area contributed by atoms with Crippen LogP contribution in [0.1, 0.15) is 18.0 Å². The molecular formula is C13H17BrF2N2O2. The minimum Gasteiger partial charge on any atom is -0.490 e. The molecule has 112 valence electrons. The Morgan fingerprint density at radius 3 is 2.75 bits per heavy atom. The highest BCUT2D eigenvalue weighted by Gasteiger charge is 2.19. The number of hydrogen-bond donors (Lipinski definition) is 2. The summed E-state index contributed by atoms with van der Waals surface area (Å²) in [7, 11) is 0. The first-order valence-electron chi connectivity index (χ1n) is 6.42.